The predicted molar refractivity (Wildman–Crippen MR) is 76.7 cm³/mol. The van der Waals surface area contributed by atoms with Gasteiger partial charge < -0.3 is 0 Å². The van der Waals surface area contributed by atoms with E-state index < -0.39 is 0 Å². The van der Waals surface area contributed by atoms with Crippen molar-refractivity contribution in [1.82, 2.24) is 0 Å². The molecule has 0 aliphatic rings. The maximum absolute atomic E-state index is 6.12. The molecule has 17 heavy (non-hydrogen) atoms. The van der Waals surface area contributed by atoms with Crippen molar-refractivity contribution in [1.29, 1.82) is 0 Å². The number of thiocarbonyl (C=S) groups is 1. The van der Waals surface area contributed by atoms with E-state index >= 15 is 0 Å². The zero-order chi connectivity index (χ0) is 12.1. The number of isothiocyanates is 1. The summed E-state index contributed by atoms with van der Waals surface area (Å²) in [6.07, 6.45) is 0. The van der Waals surface area contributed by atoms with Crippen LogP contribution < -0.4 is 0 Å². The van der Waals surface area contributed by atoms with Crippen LogP contribution in [0.4, 0.5) is 5.69 Å². The molecule has 2 aromatic rings. The summed E-state index contributed by atoms with van der Waals surface area (Å²) in [5, 5.41) is 3.12. The molecule has 84 valence electrons. The third kappa shape index (κ3) is 3.18. The van der Waals surface area contributed by atoms with Crippen LogP contribution in [-0.4, -0.2) is 5.16 Å². The molecule has 0 aromatic heterocycles. The van der Waals surface area contributed by atoms with Gasteiger partial charge in [-0.1, -0.05) is 47.6 Å². The topological polar surface area (TPSA) is 12.4 Å². The summed E-state index contributed by atoms with van der Waals surface area (Å²) in [7, 11) is 0. The van der Waals surface area contributed by atoms with Crippen molar-refractivity contribution in [3.8, 4) is 0 Å². The van der Waals surface area contributed by atoms with E-state index in [1.165, 1.54) is 0 Å². The predicted octanol–water partition coefficient (Wildman–Crippen LogP) is 5.23. The minimum atomic E-state index is 0.735. The third-order valence-corrected chi connectivity index (χ3v) is 3.76. The van der Waals surface area contributed by atoms with Gasteiger partial charge in [-0.2, -0.15) is 4.99 Å². The van der Waals surface area contributed by atoms with Gasteiger partial charge >= 0.3 is 0 Å². The van der Waals surface area contributed by atoms with Crippen LogP contribution in [0, 0.1) is 0 Å². The van der Waals surface area contributed by atoms with E-state index in [-0.39, 0.29) is 0 Å². The van der Waals surface area contributed by atoms with Crippen molar-refractivity contribution in [3.05, 3.63) is 53.6 Å². The van der Waals surface area contributed by atoms with Crippen molar-refractivity contribution >= 4 is 46.4 Å². The molecule has 2 aromatic carbocycles. The van der Waals surface area contributed by atoms with Crippen molar-refractivity contribution in [2.24, 2.45) is 4.99 Å². The molecule has 0 saturated heterocycles. The molecule has 0 aliphatic carbocycles. The average Bonchev–Trinajstić information content (AvgIpc) is 2.35. The lowest BCUT2D eigenvalue weighted by Crippen LogP contribution is -1.76. The number of hydrogen-bond donors (Lipinski definition) is 0. The van der Waals surface area contributed by atoms with E-state index in [2.05, 4.69) is 22.4 Å². The first-order valence-corrected chi connectivity index (χ1v) is 6.51. The van der Waals surface area contributed by atoms with Crippen molar-refractivity contribution in [2.45, 2.75) is 9.79 Å². The van der Waals surface area contributed by atoms with Gasteiger partial charge in [0.1, 0.15) is 0 Å². The molecule has 0 unspecified atom stereocenters. The van der Waals surface area contributed by atoms with Crippen LogP contribution in [-0.2, 0) is 0 Å². The van der Waals surface area contributed by atoms with Gasteiger partial charge in [-0.15, -0.1) is 0 Å². The number of benzene rings is 2. The van der Waals surface area contributed by atoms with Gasteiger partial charge in [-0.05, 0) is 36.5 Å². The Balaban J connectivity index is 2.36. The second kappa shape index (κ2) is 5.99. The zero-order valence-electron chi connectivity index (χ0n) is 8.76. The summed E-state index contributed by atoms with van der Waals surface area (Å²) in [4.78, 5) is 6.05. The minimum Gasteiger partial charge on any atom is -0.194 e. The van der Waals surface area contributed by atoms with Crippen LogP contribution in [0.3, 0.4) is 0 Å². The second-order valence-corrected chi connectivity index (χ2v) is 4.88. The van der Waals surface area contributed by atoms with Gasteiger partial charge in [-0.25, -0.2) is 0 Å². The lowest BCUT2D eigenvalue weighted by Gasteiger charge is -2.05. The first-order valence-electron chi connectivity index (χ1n) is 4.90. The lowest BCUT2D eigenvalue weighted by molar-refractivity contribution is 1.36. The summed E-state index contributed by atoms with van der Waals surface area (Å²) in [5.74, 6) is 0. The molecular formula is C13H8ClNS2. The van der Waals surface area contributed by atoms with Crippen LogP contribution in [0.5, 0.6) is 0 Å². The molecule has 0 saturated carbocycles. The van der Waals surface area contributed by atoms with Crippen LogP contribution in [0.1, 0.15) is 0 Å². The van der Waals surface area contributed by atoms with Gasteiger partial charge in [0.25, 0.3) is 0 Å². The highest BCUT2D eigenvalue weighted by Crippen LogP contribution is 2.37. The molecule has 1 nitrogen and oxygen atoms in total. The third-order valence-electron chi connectivity index (χ3n) is 2.09. The first-order chi connectivity index (χ1) is 8.31. The molecule has 0 bridgehead atoms. The van der Waals surface area contributed by atoms with Gasteiger partial charge in [0, 0.05) is 9.79 Å². The Morgan fingerprint density at radius 1 is 1.00 bits per heavy atom. The Kier molecular flexibility index (Phi) is 4.35. The number of nitrogens with zero attached hydrogens (tertiary/aromatic N) is 1. The maximum Gasteiger partial charge on any atom is 0.0878 e. The highest BCUT2D eigenvalue weighted by Gasteiger charge is 2.05. The molecule has 2 rings (SSSR count). The molecule has 0 fully saturated rings. The largest absolute Gasteiger partial charge is 0.194 e. The molecule has 0 amide bonds. The molecular weight excluding hydrogens is 270 g/mol. The molecule has 0 spiro atoms. The summed E-state index contributed by atoms with van der Waals surface area (Å²) in [6, 6.07) is 15.5. The molecule has 0 radical (unpaired) electrons. The zero-order valence-corrected chi connectivity index (χ0v) is 11.1. The first kappa shape index (κ1) is 12.3. The summed E-state index contributed by atoms with van der Waals surface area (Å²) >= 11 is 12.3. The smallest absolute Gasteiger partial charge is 0.0878 e. The molecule has 0 atom stereocenters. The van der Waals surface area contributed by atoms with Crippen LogP contribution >= 0.6 is 35.6 Å². The molecule has 0 N–H and O–H groups in total. The van der Waals surface area contributed by atoms with Crippen molar-refractivity contribution in [3.63, 3.8) is 0 Å². The fraction of sp³-hybridized carbons (Fsp3) is 0. The lowest BCUT2D eigenvalue weighted by atomic mass is 10.3. The summed E-state index contributed by atoms with van der Waals surface area (Å²) in [5.41, 5.74) is 0.812. The number of rotatable bonds is 3. The maximum atomic E-state index is 6.12. The minimum absolute atomic E-state index is 0.735. The summed E-state index contributed by atoms with van der Waals surface area (Å²) < 4.78 is 0. The molecule has 0 aliphatic heterocycles. The van der Waals surface area contributed by atoms with Gasteiger partial charge in [0.05, 0.1) is 15.9 Å². The van der Waals surface area contributed by atoms with Gasteiger partial charge in [-0.3, -0.25) is 0 Å². The second-order valence-electron chi connectivity index (χ2n) is 3.20. The van der Waals surface area contributed by atoms with E-state index in [0.29, 0.717) is 0 Å². The van der Waals surface area contributed by atoms with E-state index in [1.54, 1.807) is 11.8 Å². The fourth-order valence-electron chi connectivity index (χ4n) is 1.33. The quantitative estimate of drug-likeness (QED) is 0.563. The van der Waals surface area contributed by atoms with Crippen LogP contribution in [0.25, 0.3) is 0 Å². The summed E-state index contributed by atoms with van der Waals surface area (Å²) in [6.45, 7) is 0. The Hall–Kier alpha value is -1.12. The van der Waals surface area contributed by atoms with Gasteiger partial charge in [0.15, 0.2) is 0 Å². The number of para-hydroxylation sites is 1. The fourth-order valence-corrected chi connectivity index (χ4v) is 2.59. The Bertz CT molecular complexity index is 577. The monoisotopic (exact) mass is 277 g/mol. The highest BCUT2D eigenvalue weighted by molar-refractivity contribution is 7.99. The van der Waals surface area contributed by atoms with Gasteiger partial charge in [0.2, 0.25) is 0 Å². The Morgan fingerprint density at radius 2 is 1.65 bits per heavy atom. The normalized spacial score (nSPS) is 9.71. The van der Waals surface area contributed by atoms with E-state index in [1.807, 2.05) is 48.5 Å². The average molecular weight is 278 g/mol. The molecule has 0 heterocycles. The van der Waals surface area contributed by atoms with E-state index in [0.717, 1.165) is 20.5 Å². The van der Waals surface area contributed by atoms with Crippen molar-refractivity contribution < 1.29 is 0 Å². The van der Waals surface area contributed by atoms with E-state index in [9.17, 15) is 0 Å². The Labute approximate surface area is 115 Å². The standard InChI is InChI=1S/C13H8ClNS2/c14-10-5-1-3-7-12(10)17-13-8-4-2-6-11(13)15-9-16/h1-8H. The molecule has 4 heteroatoms. The number of aliphatic imine (C=N–C) groups is 1. The van der Waals surface area contributed by atoms with Crippen LogP contribution in [0.15, 0.2) is 63.3 Å². The number of hydrogen-bond acceptors (Lipinski definition) is 3. The van der Waals surface area contributed by atoms with E-state index in [4.69, 9.17) is 11.6 Å². The SMILES string of the molecule is S=C=Nc1ccccc1Sc1ccccc1Cl. The highest BCUT2D eigenvalue weighted by atomic mass is 35.5. The Morgan fingerprint density at radius 3 is 2.35 bits per heavy atom. The van der Waals surface area contributed by atoms with Crippen molar-refractivity contribution in [2.75, 3.05) is 0 Å². The van der Waals surface area contributed by atoms with Crippen LogP contribution in [0.2, 0.25) is 5.02 Å². The number of halogens is 1.